The first-order valence-corrected chi connectivity index (χ1v) is 12.2. The van der Waals surface area contributed by atoms with E-state index in [0.717, 1.165) is 0 Å². The minimum absolute atomic E-state index is 1.28. The van der Waals surface area contributed by atoms with Crippen LogP contribution in [0.15, 0.2) is 72.8 Å². The molecule has 0 aliphatic heterocycles. The second-order valence-electron chi connectivity index (χ2n) is 7.99. The van der Waals surface area contributed by atoms with Crippen LogP contribution in [0.4, 0.5) is 0 Å². The molecule has 0 unspecified atom stereocenters. The monoisotopic (exact) mass is 614 g/mol. The summed E-state index contributed by atoms with van der Waals surface area (Å²) in [6.07, 6.45) is 0. The van der Waals surface area contributed by atoms with Crippen molar-refractivity contribution in [1.29, 1.82) is 0 Å². The molecule has 2 heteroatoms. The Hall–Kier alpha value is -1.66. The fourth-order valence-corrected chi connectivity index (χ4v) is 4.61. The van der Waals surface area contributed by atoms with Crippen LogP contribution in [-0.2, 0) is 0 Å². The molecule has 0 N–H and O–H groups in total. The third-order valence-corrected chi connectivity index (χ3v) is 8.15. The molecule has 4 aromatic carbocycles. The highest BCUT2D eigenvalue weighted by Crippen LogP contribution is 2.34. The normalized spacial score (nSPS) is 11.0. The Morgan fingerprint density at radius 2 is 0.700 bits per heavy atom. The SMILES string of the molecule is Cc1cc(-c2ccc(-c3ccc(-c4ccc(I)c(C)c4)cc3C)c(C)c2)ccc1I. The van der Waals surface area contributed by atoms with E-state index >= 15 is 0 Å². The molecule has 0 bridgehead atoms. The van der Waals surface area contributed by atoms with Crippen LogP contribution in [0.1, 0.15) is 22.3 Å². The van der Waals surface area contributed by atoms with Gasteiger partial charge >= 0.3 is 0 Å². The standard InChI is InChI=1S/C28H24I2/c1-17-13-21(23-7-11-27(29)19(3)15-23)5-9-25(17)26-10-6-22(14-18(26)2)24-8-12-28(30)20(4)16-24/h5-16H,1-4H3. The molecule has 0 aliphatic carbocycles. The van der Waals surface area contributed by atoms with E-state index in [1.54, 1.807) is 0 Å². The molecule has 0 saturated heterocycles. The lowest BCUT2D eigenvalue weighted by atomic mass is 9.91. The summed E-state index contributed by atoms with van der Waals surface area (Å²) in [6.45, 7) is 8.78. The number of aryl methyl sites for hydroxylation is 4. The molecular weight excluding hydrogens is 590 g/mol. The zero-order chi connectivity index (χ0) is 21.4. The number of halogens is 2. The first-order valence-electron chi connectivity index (χ1n) is 10.1. The van der Waals surface area contributed by atoms with Crippen molar-refractivity contribution in [3.8, 4) is 33.4 Å². The molecule has 0 aromatic heterocycles. The Morgan fingerprint density at radius 3 is 1.00 bits per heavy atom. The molecule has 0 spiro atoms. The van der Waals surface area contributed by atoms with Gasteiger partial charge in [-0.05, 0) is 141 Å². The van der Waals surface area contributed by atoms with Gasteiger partial charge in [0.05, 0.1) is 0 Å². The molecule has 0 radical (unpaired) electrons. The predicted molar refractivity (Wildman–Crippen MR) is 147 cm³/mol. The summed E-state index contributed by atoms with van der Waals surface area (Å²) in [7, 11) is 0. The van der Waals surface area contributed by atoms with Gasteiger partial charge < -0.3 is 0 Å². The second kappa shape index (κ2) is 8.83. The van der Waals surface area contributed by atoms with E-state index in [1.165, 1.54) is 62.8 Å². The van der Waals surface area contributed by atoms with Gasteiger partial charge in [-0.3, -0.25) is 0 Å². The van der Waals surface area contributed by atoms with Crippen LogP contribution in [0.2, 0.25) is 0 Å². The summed E-state index contributed by atoms with van der Waals surface area (Å²) in [4.78, 5) is 0. The number of rotatable bonds is 3. The van der Waals surface area contributed by atoms with Gasteiger partial charge in [0.15, 0.2) is 0 Å². The maximum atomic E-state index is 2.39. The van der Waals surface area contributed by atoms with Crippen molar-refractivity contribution >= 4 is 45.2 Å². The van der Waals surface area contributed by atoms with Crippen LogP contribution in [-0.4, -0.2) is 0 Å². The fourth-order valence-electron chi connectivity index (χ4n) is 3.94. The number of benzene rings is 4. The lowest BCUT2D eigenvalue weighted by molar-refractivity contribution is 1.39. The lowest BCUT2D eigenvalue weighted by Gasteiger charge is -2.14. The van der Waals surface area contributed by atoms with Gasteiger partial charge in [-0.1, -0.05) is 60.7 Å². The van der Waals surface area contributed by atoms with E-state index in [1.807, 2.05) is 0 Å². The van der Waals surface area contributed by atoms with Crippen molar-refractivity contribution in [2.24, 2.45) is 0 Å². The van der Waals surface area contributed by atoms with E-state index in [0.29, 0.717) is 0 Å². The van der Waals surface area contributed by atoms with E-state index in [2.05, 4.69) is 146 Å². The summed E-state index contributed by atoms with van der Waals surface area (Å²) in [6, 6.07) is 27.0. The maximum absolute atomic E-state index is 2.39. The van der Waals surface area contributed by atoms with Gasteiger partial charge in [0, 0.05) is 7.14 Å². The zero-order valence-corrected chi connectivity index (χ0v) is 22.0. The smallest absolute Gasteiger partial charge is 0.0159 e. The minimum Gasteiger partial charge on any atom is -0.0537 e. The van der Waals surface area contributed by atoms with Crippen LogP contribution < -0.4 is 0 Å². The Labute approximate surface area is 207 Å². The van der Waals surface area contributed by atoms with Gasteiger partial charge in [-0.15, -0.1) is 0 Å². The van der Waals surface area contributed by atoms with Crippen LogP contribution in [0.25, 0.3) is 33.4 Å². The summed E-state index contributed by atoms with van der Waals surface area (Å²) >= 11 is 4.79. The fraction of sp³-hybridized carbons (Fsp3) is 0.143. The molecule has 30 heavy (non-hydrogen) atoms. The van der Waals surface area contributed by atoms with E-state index < -0.39 is 0 Å². The highest BCUT2D eigenvalue weighted by atomic mass is 127. The largest absolute Gasteiger partial charge is 0.0537 e. The van der Waals surface area contributed by atoms with Crippen LogP contribution >= 0.6 is 45.2 Å². The third kappa shape index (κ3) is 4.35. The second-order valence-corrected chi connectivity index (χ2v) is 10.3. The molecular formula is C28H24I2. The van der Waals surface area contributed by atoms with Gasteiger partial charge in [-0.2, -0.15) is 0 Å². The first-order chi connectivity index (χ1) is 14.3. The summed E-state index contributed by atoms with van der Waals surface area (Å²) < 4.78 is 2.62. The Kier molecular flexibility index (Phi) is 6.35. The molecule has 0 heterocycles. The summed E-state index contributed by atoms with van der Waals surface area (Å²) in [5.74, 6) is 0. The molecule has 4 aromatic rings. The van der Waals surface area contributed by atoms with Crippen molar-refractivity contribution in [3.63, 3.8) is 0 Å². The molecule has 0 atom stereocenters. The quantitative estimate of drug-likeness (QED) is 0.202. The number of hydrogen-bond acceptors (Lipinski definition) is 0. The van der Waals surface area contributed by atoms with E-state index in [4.69, 9.17) is 0 Å². The summed E-state index contributed by atoms with van der Waals surface area (Å²) in [5.41, 5.74) is 13.0. The van der Waals surface area contributed by atoms with Crippen molar-refractivity contribution < 1.29 is 0 Å². The Morgan fingerprint density at radius 1 is 0.400 bits per heavy atom. The average Bonchev–Trinajstić information content (AvgIpc) is 2.72. The van der Waals surface area contributed by atoms with Crippen LogP contribution in [0, 0.1) is 34.8 Å². The Bertz CT molecular complexity index is 1150. The van der Waals surface area contributed by atoms with Crippen molar-refractivity contribution in [2.45, 2.75) is 27.7 Å². The molecule has 0 nitrogen and oxygen atoms in total. The molecule has 0 saturated carbocycles. The van der Waals surface area contributed by atoms with E-state index in [9.17, 15) is 0 Å². The predicted octanol–water partition coefficient (Wildman–Crippen LogP) is 9.13. The lowest BCUT2D eigenvalue weighted by Crippen LogP contribution is -1.91. The van der Waals surface area contributed by atoms with Crippen molar-refractivity contribution in [1.82, 2.24) is 0 Å². The van der Waals surface area contributed by atoms with Gasteiger partial charge in [0.2, 0.25) is 0 Å². The molecule has 0 aliphatic rings. The highest BCUT2D eigenvalue weighted by molar-refractivity contribution is 14.1. The van der Waals surface area contributed by atoms with Crippen LogP contribution in [0.5, 0.6) is 0 Å². The van der Waals surface area contributed by atoms with E-state index in [-0.39, 0.29) is 0 Å². The molecule has 0 fully saturated rings. The topological polar surface area (TPSA) is 0 Å². The summed E-state index contributed by atoms with van der Waals surface area (Å²) in [5, 5.41) is 0. The van der Waals surface area contributed by atoms with Crippen LogP contribution in [0.3, 0.4) is 0 Å². The first kappa shape index (κ1) is 21.6. The minimum atomic E-state index is 1.28. The number of hydrogen-bond donors (Lipinski definition) is 0. The molecule has 150 valence electrons. The third-order valence-electron chi connectivity index (χ3n) is 5.73. The Balaban J connectivity index is 1.70. The van der Waals surface area contributed by atoms with Crippen molar-refractivity contribution in [3.05, 3.63) is 102 Å². The van der Waals surface area contributed by atoms with Gasteiger partial charge in [0.25, 0.3) is 0 Å². The highest BCUT2D eigenvalue weighted by Gasteiger charge is 2.10. The van der Waals surface area contributed by atoms with Gasteiger partial charge in [0.1, 0.15) is 0 Å². The zero-order valence-electron chi connectivity index (χ0n) is 17.7. The maximum Gasteiger partial charge on any atom is 0.0159 e. The van der Waals surface area contributed by atoms with Crippen molar-refractivity contribution in [2.75, 3.05) is 0 Å². The molecule has 0 amide bonds. The average molecular weight is 614 g/mol. The molecule has 4 rings (SSSR count). The van der Waals surface area contributed by atoms with Gasteiger partial charge in [-0.25, -0.2) is 0 Å².